The summed E-state index contributed by atoms with van der Waals surface area (Å²) in [5.74, 6) is -0.662. The van der Waals surface area contributed by atoms with Crippen molar-refractivity contribution in [1.82, 2.24) is 4.57 Å². The van der Waals surface area contributed by atoms with Crippen molar-refractivity contribution < 1.29 is 19.1 Å². The third kappa shape index (κ3) is 4.40. The van der Waals surface area contributed by atoms with E-state index in [1.165, 1.54) is 29.9 Å². The molecule has 168 valence electrons. The predicted molar refractivity (Wildman–Crippen MR) is 125 cm³/mol. The standard InChI is InChI=1S/C24H19ClN2O5S/c1-13-20(23(30)31-3)21(15-8-10-17(11-9-15)32-14(2)28)27-22(29)19(33-24(27)26-13)12-16-6-4-5-7-18(16)25/h4-12,21H,1-3H3/b19-12+/t21-/m0/s1. The molecule has 4 rings (SSSR count). The van der Waals surface area contributed by atoms with Gasteiger partial charge >= 0.3 is 11.9 Å². The Morgan fingerprint density at radius 2 is 1.85 bits per heavy atom. The lowest BCUT2D eigenvalue weighted by Gasteiger charge is -2.24. The zero-order chi connectivity index (χ0) is 23.7. The van der Waals surface area contributed by atoms with Crippen molar-refractivity contribution in [3.63, 3.8) is 0 Å². The fourth-order valence-corrected chi connectivity index (χ4v) is 4.85. The normalized spacial score (nSPS) is 15.6. The number of nitrogens with zero attached hydrogens (tertiary/aromatic N) is 2. The van der Waals surface area contributed by atoms with Crippen LogP contribution in [-0.4, -0.2) is 23.6 Å². The molecule has 1 atom stereocenters. The minimum atomic E-state index is -0.756. The number of benzene rings is 2. The highest BCUT2D eigenvalue weighted by Crippen LogP contribution is 2.31. The highest BCUT2D eigenvalue weighted by atomic mass is 35.5. The van der Waals surface area contributed by atoms with Crippen molar-refractivity contribution in [2.24, 2.45) is 4.99 Å². The van der Waals surface area contributed by atoms with Gasteiger partial charge in [-0.1, -0.05) is 53.3 Å². The molecule has 9 heteroatoms. The second kappa shape index (κ2) is 9.17. The third-order valence-corrected chi connectivity index (χ3v) is 6.40. The number of esters is 2. The molecule has 0 radical (unpaired) electrons. The maximum absolute atomic E-state index is 13.5. The molecule has 1 aliphatic heterocycles. The average Bonchev–Trinajstić information content (AvgIpc) is 3.08. The number of aromatic nitrogens is 1. The van der Waals surface area contributed by atoms with Gasteiger partial charge in [0.25, 0.3) is 5.56 Å². The SMILES string of the molecule is COC(=O)C1=C(C)N=c2s/c(=C/c3ccccc3Cl)c(=O)n2[C@H]1c1ccc(OC(C)=O)cc1. The Bertz CT molecular complexity index is 1470. The van der Waals surface area contributed by atoms with Crippen LogP contribution in [0.25, 0.3) is 6.08 Å². The number of carbonyl (C=O) groups is 2. The van der Waals surface area contributed by atoms with Crippen LogP contribution < -0.4 is 19.6 Å². The minimum Gasteiger partial charge on any atom is -0.466 e. The molecule has 1 aliphatic rings. The van der Waals surface area contributed by atoms with Gasteiger partial charge in [-0.15, -0.1) is 0 Å². The first kappa shape index (κ1) is 22.7. The van der Waals surface area contributed by atoms with Crippen molar-refractivity contribution in [1.29, 1.82) is 0 Å². The monoisotopic (exact) mass is 482 g/mol. The van der Waals surface area contributed by atoms with E-state index in [-0.39, 0.29) is 11.1 Å². The largest absolute Gasteiger partial charge is 0.466 e. The van der Waals surface area contributed by atoms with Gasteiger partial charge in [0.2, 0.25) is 0 Å². The average molecular weight is 483 g/mol. The van der Waals surface area contributed by atoms with Gasteiger partial charge in [0.1, 0.15) is 5.75 Å². The number of halogens is 1. The lowest BCUT2D eigenvalue weighted by atomic mass is 9.96. The molecule has 0 unspecified atom stereocenters. The van der Waals surface area contributed by atoms with Crippen LogP contribution in [0.1, 0.15) is 31.0 Å². The number of ether oxygens (including phenoxy) is 2. The molecule has 0 bridgehead atoms. The third-order valence-electron chi connectivity index (χ3n) is 5.08. The molecule has 7 nitrogen and oxygen atoms in total. The molecule has 0 saturated carbocycles. The summed E-state index contributed by atoms with van der Waals surface area (Å²) in [4.78, 5) is 42.4. The van der Waals surface area contributed by atoms with Gasteiger partial charge in [0.15, 0.2) is 4.80 Å². The second-order valence-corrected chi connectivity index (χ2v) is 8.67. The molecule has 0 amide bonds. The smallest absolute Gasteiger partial charge is 0.338 e. The Labute approximate surface area is 197 Å². The highest BCUT2D eigenvalue weighted by Gasteiger charge is 2.33. The van der Waals surface area contributed by atoms with E-state index < -0.39 is 18.0 Å². The van der Waals surface area contributed by atoms with Crippen molar-refractivity contribution in [3.8, 4) is 5.75 Å². The molecule has 33 heavy (non-hydrogen) atoms. The summed E-state index contributed by atoms with van der Waals surface area (Å²) < 4.78 is 12.0. The number of carbonyl (C=O) groups excluding carboxylic acids is 2. The summed E-state index contributed by atoms with van der Waals surface area (Å²) >= 11 is 7.49. The van der Waals surface area contributed by atoms with Crippen LogP contribution in [0.3, 0.4) is 0 Å². The van der Waals surface area contributed by atoms with E-state index in [0.717, 1.165) is 0 Å². The van der Waals surface area contributed by atoms with E-state index in [1.807, 2.05) is 18.2 Å². The number of thiazole rings is 1. The van der Waals surface area contributed by atoms with E-state index in [2.05, 4.69) is 4.99 Å². The minimum absolute atomic E-state index is 0.259. The molecule has 0 N–H and O–H groups in total. The summed E-state index contributed by atoms with van der Waals surface area (Å²) in [5.41, 5.74) is 1.76. The Balaban J connectivity index is 1.93. The molecule has 2 heterocycles. The van der Waals surface area contributed by atoms with Gasteiger partial charge in [-0.2, -0.15) is 0 Å². The van der Waals surface area contributed by atoms with Crippen LogP contribution in [0.5, 0.6) is 5.75 Å². The molecular formula is C24H19ClN2O5S. The maximum atomic E-state index is 13.5. The lowest BCUT2D eigenvalue weighted by Crippen LogP contribution is -2.39. The number of allylic oxidation sites excluding steroid dienone is 1. The summed E-state index contributed by atoms with van der Waals surface area (Å²) in [7, 11) is 1.28. The van der Waals surface area contributed by atoms with Crippen LogP contribution in [-0.2, 0) is 14.3 Å². The van der Waals surface area contributed by atoms with Gasteiger partial charge in [0, 0.05) is 11.9 Å². The maximum Gasteiger partial charge on any atom is 0.338 e. The molecular weight excluding hydrogens is 464 g/mol. The predicted octanol–water partition coefficient (Wildman–Crippen LogP) is 2.99. The quantitative estimate of drug-likeness (QED) is 0.421. The van der Waals surface area contributed by atoms with Crippen molar-refractivity contribution >= 4 is 41.0 Å². The Morgan fingerprint density at radius 3 is 2.48 bits per heavy atom. The Morgan fingerprint density at radius 1 is 1.15 bits per heavy atom. The lowest BCUT2D eigenvalue weighted by molar-refractivity contribution is -0.136. The zero-order valence-corrected chi connectivity index (χ0v) is 19.6. The number of rotatable bonds is 4. The van der Waals surface area contributed by atoms with Gasteiger partial charge in [-0.05, 0) is 42.3 Å². The van der Waals surface area contributed by atoms with Crippen molar-refractivity contribution in [3.05, 3.63) is 95.6 Å². The first-order valence-corrected chi connectivity index (χ1v) is 11.1. The van der Waals surface area contributed by atoms with Crippen LogP contribution in [0.15, 0.2) is 69.6 Å². The first-order chi connectivity index (χ1) is 15.8. The summed E-state index contributed by atoms with van der Waals surface area (Å²) in [6.07, 6.45) is 1.71. The number of methoxy groups -OCH3 is 1. The fourth-order valence-electron chi connectivity index (χ4n) is 3.63. The van der Waals surface area contributed by atoms with Gasteiger partial charge in [-0.25, -0.2) is 9.79 Å². The van der Waals surface area contributed by atoms with Crippen LogP contribution in [0, 0.1) is 0 Å². The molecule has 0 fully saturated rings. The molecule has 0 spiro atoms. The number of fused-ring (bicyclic) bond motifs is 1. The topological polar surface area (TPSA) is 87.0 Å². The van der Waals surface area contributed by atoms with Crippen LogP contribution in [0.4, 0.5) is 0 Å². The van der Waals surface area contributed by atoms with E-state index in [0.29, 0.717) is 36.9 Å². The van der Waals surface area contributed by atoms with E-state index in [9.17, 15) is 14.4 Å². The van der Waals surface area contributed by atoms with E-state index in [1.54, 1.807) is 43.3 Å². The second-order valence-electron chi connectivity index (χ2n) is 7.26. The Hall–Kier alpha value is -3.49. The van der Waals surface area contributed by atoms with Crippen LogP contribution in [0.2, 0.25) is 5.02 Å². The fraction of sp³-hybridized carbons (Fsp3) is 0.167. The van der Waals surface area contributed by atoms with Gasteiger partial charge in [0.05, 0.1) is 29.0 Å². The highest BCUT2D eigenvalue weighted by molar-refractivity contribution is 7.07. The van der Waals surface area contributed by atoms with Gasteiger partial charge in [-0.3, -0.25) is 14.2 Å². The molecule has 0 aliphatic carbocycles. The molecule has 1 aromatic heterocycles. The summed E-state index contributed by atoms with van der Waals surface area (Å²) in [5, 5.41) is 0.521. The van der Waals surface area contributed by atoms with Gasteiger partial charge < -0.3 is 9.47 Å². The molecule has 2 aromatic carbocycles. The Kier molecular flexibility index (Phi) is 6.31. The molecule has 3 aromatic rings. The zero-order valence-electron chi connectivity index (χ0n) is 18.0. The summed E-state index contributed by atoms with van der Waals surface area (Å²) in [6.45, 7) is 3.02. The van der Waals surface area contributed by atoms with E-state index >= 15 is 0 Å². The first-order valence-electron chi connectivity index (χ1n) is 9.94. The summed E-state index contributed by atoms with van der Waals surface area (Å²) in [6, 6.07) is 13.1. The van der Waals surface area contributed by atoms with E-state index in [4.69, 9.17) is 21.1 Å². The van der Waals surface area contributed by atoms with Crippen LogP contribution >= 0.6 is 22.9 Å². The van der Waals surface area contributed by atoms with Crippen molar-refractivity contribution in [2.45, 2.75) is 19.9 Å². The number of hydrogen-bond donors (Lipinski definition) is 0. The molecule has 0 saturated heterocycles. The van der Waals surface area contributed by atoms with Crippen molar-refractivity contribution in [2.75, 3.05) is 7.11 Å². The number of hydrogen-bond acceptors (Lipinski definition) is 7.